The molecule has 1 aromatic carbocycles. The first-order chi connectivity index (χ1) is 6.19. The van der Waals surface area contributed by atoms with E-state index in [1.807, 2.05) is 0 Å². The van der Waals surface area contributed by atoms with Crippen LogP contribution < -0.4 is 4.74 Å². The summed E-state index contributed by atoms with van der Waals surface area (Å²) in [5, 5.41) is 8.72. The standard InChI is InChI=1S/C9H8O4/c1-13-8-3-2-6(5-10)4-7(8)9(11)12/h2-5H,1H3,(H,11,12). The highest BCUT2D eigenvalue weighted by Crippen LogP contribution is 2.18. The molecule has 0 radical (unpaired) electrons. The molecule has 0 saturated heterocycles. The normalized spacial score (nSPS) is 9.31. The first-order valence-electron chi connectivity index (χ1n) is 3.55. The average Bonchev–Trinajstić information content (AvgIpc) is 2.16. The zero-order chi connectivity index (χ0) is 9.84. The second-order valence-electron chi connectivity index (χ2n) is 2.38. The molecule has 0 saturated carbocycles. The van der Waals surface area contributed by atoms with Gasteiger partial charge in [-0.25, -0.2) is 4.79 Å². The van der Waals surface area contributed by atoms with E-state index in [2.05, 4.69) is 0 Å². The second kappa shape index (κ2) is 3.71. The van der Waals surface area contributed by atoms with Gasteiger partial charge in [-0.3, -0.25) is 4.79 Å². The van der Waals surface area contributed by atoms with Crippen LogP contribution in [0.25, 0.3) is 0 Å². The lowest BCUT2D eigenvalue weighted by atomic mass is 10.1. The average molecular weight is 180 g/mol. The Morgan fingerprint density at radius 3 is 2.69 bits per heavy atom. The third-order valence-electron chi connectivity index (χ3n) is 1.59. The van der Waals surface area contributed by atoms with Gasteiger partial charge in [0.25, 0.3) is 0 Å². The number of methoxy groups -OCH3 is 1. The van der Waals surface area contributed by atoms with Gasteiger partial charge in [-0.05, 0) is 18.2 Å². The number of carboxylic acids is 1. The molecule has 0 aliphatic heterocycles. The van der Waals surface area contributed by atoms with Crippen molar-refractivity contribution in [2.75, 3.05) is 7.11 Å². The number of rotatable bonds is 3. The Morgan fingerprint density at radius 1 is 1.54 bits per heavy atom. The summed E-state index contributed by atoms with van der Waals surface area (Å²) in [4.78, 5) is 21.0. The van der Waals surface area contributed by atoms with Gasteiger partial charge in [-0.1, -0.05) is 0 Å². The zero-order valence-electron chi connectivity index (χ0n) is 6.98. The smallest absolute Gasteiger partial charge is 0.339 e. The van der Waals surface area contributed by atoms with E-state index in [-0.39, 0.29) is 11.3 Å². The van der Waals surface area contributed by atoms with Crippen LogP contribution in [0.1, 0.15) is 20.7 Å². The van der Waals surface area contributed by atoms with Crippen LogP contribution in [0.5, 0.6) is 5.75 Å². The van der Waals surface area contributed by atoms with Crippen molar-refractivity contribution < 1.29 is 19.4 Å². The molecule has 68 valence electrons. The third kappa shape index (κ3) is 1.84. The van der Waals surface area contributed by atoms with Gasteiger partial charge in [0.2, 0.25) is 0 Å². The molecule has 0 aromatic heterocycles. The fraction of sp³-hybridized carbons (Fsp3) is 0.111. The first-order valence-corrected chi connectivity index (χ1v) is 3.55. The van der Waals surface area contributed by atoms with E-state index in [1.165, 1.54) is 25.3 Å². The Hall–Kier alpha value is -1.84. The first kappa shape index (κ1) is 9.25. The molecule has 0 fully saturated rings. The lowest BCUT2D eigenvalue weighted by molar-refractivity contribution is 0.0693. The summed E-state index contributed by atoms with van der Waals surface area (Å²) >= 11 is 0. The Bertz CT molecular complexity index is 343. The number of benzene rings is 1. The summed E-state index contributed by atoms with van der Waals surface area (Å²) in [6.07, 6.45) is 0.589. The van der Waals surface area contributed by atoms with E-state index in [1.54, 1.807) is 0 Å². The summed E-state index contributed by atoms with van der Waals surface area (Å²) in [5.41, 5.74) is 0.310. The van der Waals surface area contributed by atoms with Crippen LogP contribution in [-0.2, 0) is 0 Å². The van der Waals surface area contributed by atoms with Crippen molar-refractivity contribution in [2.24, 2.45) is 0 Å². The van der Waals surface area contributed by atoms with Crippen LogP contribution in [0.15, 0.2) is 18.2 Å². The number of ether oxygens (including phenoxy) is 1. The van der Waals surface area contributed by atoms with E-state index in [0.717, 1.165) is 0 Å². The van der Waals surface area contributed by atoms with Gasteiger partial charge < -0.3 is 9.84 Å². The summed E-state index contributed by atoms with van der Waals surface area (Å²) in [6.45, 7) is 0. The van der Waals surface area contributed by atoms with Gasteiger partial charge in [0.15, 0.2) is 0 Å². The van der Waals surface area contributed by atoms with Crippen LogP contribution in [0, 0.1) is 0 Å². The molecular weight excluding hydrogens is 172 g/mol. The highest BCUT2D eigenvalue weighted by Gasteiger charge is 2.10. The molecule has 0 aliphatic carbocycles. The van der Waals surface area contributed by atoms with E-state index in [0.29, 0.717) is 11.8 Å². The number of aldehydes is 1. The second-order valence-corrected chi connectivity index (χ2v) is 2.38. The predicted octanol–water partition coefficient (Wildman–Crippen LogP) is 1.21. The maximum Gasteiger partial charge on any atom is 0.339 e. The van der Waals surface area contributed by atoms with Crippen LogP contribution in [0.4, 0.5) is 0 Å². The molecular formula is C9H8O4. The van der Waals surface area contributed by atoms with Crippen molar-refractivity contribution in [1.29, 1.82) is 0 Å². The molecule has 0 spiro atoms. The fourth-order valence-electron chi connectivity index (χ4n) is 0.966. The zero-order valence-corrected chi connectivity index (χ0v) is 6.98. The minimum absolute atomic E-state index is 0.00731. The van der Waals surface area contributed by atoms with E-state index < -0.39 is 5.97 Å². The Morgan fingerprint density at radius 2 is 2.23 bits per heavy atom. The number of carbonyl (C=O) groups is 2. The largest absolute Gasteiger partial charge is 0.496 e. The summed E-state index contributed by atoms with van der Waals surface area (Å²) in [6, 6.07) is 4.22. The van der Waals surface area contributed by atoms with Crippen molar-refractivity contribution in [1.82, 2.24) is 0 Å². The lowest BCUT2D eigenvalue weighted by Crippen LogP contribution is -2.01. The van der Waals surface area contributed by atoms with E-state index in [4.69, 9.17) is 9.84 Å². The Labute approximate surface area is 74.8 Å². The molecule has 0 amide bonds. The number of carboxylic acid groups (broad SMARTS) is 1. The SMILES string of the molecule is COc1ccc(C=O)cc1C(=O)O. The van der Waals surface area contributed by atoms with Gasteiger partial charge in [-0.2, -0.15) is 0 Å². The van der Waals surface area contributed by atoms with Crippen molar-refractivity contribution in [3.8, 4) is 5.75 Å². The maximum absolute atomic E-state index is 10.7. The third-order valence-corrected chi connectivity index (χ3v) is 1.59. The van der Waals surface area contributed by atoms with Crippen molar-refractivity contribution in [3.63, 3.8) is 0 Å². The molecule has 0 unspecified atom stereocenters. The molecule has 0 aliphatic rings. The maximum atomic E-state index is 10.7. The summed E-state index contributed by atoms with van der Waals surface area (Å²) in [7, 11) is 1.38. The monoisotopic (exact) mass is 180 g/mol. The molecule has 1 aromatic rings. The van der Waals surface area contributed by atoms with Gasteiger partial charge in [0, 0.05) is 5.56 Å². The number of aromatic carboxylic acids is 1. The lowest BCUT2D eigenvalue weighted by Gasteiger charge is -2.03. The number of carbonyl (C=O) groups excluding carboxylic acids is 1. The molecule has 1 N–H and O–H groups in total. The van der Waals surface area contributed by atoms with Crippen molar-refractivity contribution in [3.05, 3.63) is 29.3 Å². The number of hydrogen-bond acceptors (Lipinski definition) is 3. The van der Waals surface area contributed by atoms with E-state index >= 15 is 0 Å². The molecule has 0 bridgehead atoms. The van der Waals surface area contributed by atoms with Crippen LogP contribution in [0.2, 0.25) is 0 Å². The Kier molecular flexibility index (Phi) is 2.64. The van der Waals surface area contributed by atoms with E-state index in [9.17, 15) is 9.59 Å². The van der Waals surface area contributed by atoms with Crippen molar-refractivity contribution in [2.45, 2.75) is 0 Å². The minimum atomic E-state index is -1.11. The topological polar surface area (TPSA) is 63.6 Å². The van der Waals surface area contributed by atoms with Crippen LogP contribution >= 0.6 is 0 Å². The quantitative estimate of drug-likeness (QED) is 0.710. The summed E-state index contributed by atoms with van der Waals surface area (Å²) < 4.78 is 4.81. The molecule has 1 rings (SSSR count). The van der Waals surface area contributed by atoms with Crippen LogP contribution in [-0.4, -0.2) is 24.5 Å². The number of hydrogen-bond donors (Lipinski definition) is 1. The molecule has 0 heterocycles. The van der Waals surface area contributed by atoms with Gasteiger partial charge in [-0.15, -0.1) is 0 Å². The fourth-order valence-corrected chi connectivity index (χ4v) is 0.966. The van der Waals surface area contributed by atoms with Gasteiger partial charge >= 0.3 is 5.97 Å². The van der Waals surface area contributed by atoms with Crippen molar-refractivity contribution >= 4 is 12.3 Å². The van der Waals surface area contributed by atoms with Gasteiger partial charge in [0.1, 0.15) is 17.6 Å². The van der Waals surface area contributed by atoms with Gasteiger partial charge in [0.05, 0.1) is 7.11 Å². The molecule has 13 heavy (non-hydrogen) atoms. The Balaban J connectivity index is 3.25. The molecule has 4 heteroatoms. The summed E-state index contributed by atoms with van der Waals surface area (Å²) in [5.74, 6) is -0.862. The highest BCUT2D eigenvalue weighted by atomic mass is 16.5. The predicted molar refractivity (Wildman–Crippen MR) is 45.3 cm³/mol. The molecule has 0 atom stereocenters. The minimum Gasteiger partial charge on any atom is -0.496 e. The van der Waals surface area contributed by atoms with Crippen LogP contribution in [0.3, 0.4) is 0 Å². The molecule has 4 nitrogen and oxygen atoms in total. The highest BCUT2D eigenvalue weighted by molar-refractivity contribution is 5.93.